The Morgan fingerprint density at radius 1 is 1.68 bits per heavy atom. The summed E-state index contributed by atoms with van der Waals surface area (Å²) in [7, 11) is 0. The van der Waals surface area contributed by atoms with Gasteiger partial charge in [0.05, 0.1) is 5.56 Å². The molecule has 1 saturated heterocycles. The van der Waals surface area contributed by atoms with Crippen molar-refractivity contribution in [3.8, 4) is 11.8 Å². The molecule has 1 atom stereocenters. The first-order valence-corrected chi connectivity index (χ1v) is 7.33. The maximum absolute atomic E-state index is 12.5. The standard InChI is InChI=1S/C14H16N2O2S/c1-11-10-19-9-7-16(11)14(18)13-12(5-3-8-17)4-2-6-15-13/h2,4,6,11,17H,7-10H2,1H3. The molecule has 0 aromatic carbocycles. The van der Waals surface area contributed by atoms with E-state index in [-0.39, 0.29) is 18.6 Å². The monoisotopic (exact) mass is 276 g/mol. The lowest BCUT2D eigenvalue weighted by Crippen LogP contribution is -2.45. The van der Waals surface area contributed by atoms with E-state index in [4.69, 9.17) is 5.11 Å². The highest BCUT2D eigenvalue weighted by Gasteiger charge is 2.26. The number of aliphatic hydroxyl groups is 1. The van der Waals surface area contributed by atoms with Crippen LogP contribution in [-0.2, 0) is 0 Å². The Kier molecular flexibility index (Phi) is 4.83. The fourth-order valence-corrected chi connectivity index (χ4v) is 2.99. The number of amides is 1. The van der Waals surface area contributed by atoms with Gasteiger partial charge in [-0.1, -0.05) is 11.8 Å². The molecule has 1 N–H and O–H groups in total. The van der Waals surface area contributed by atoms with Crippen molar-refractivity contribution >= 4 is 17.7 Å². The summed E-state index contributed by atoms with van der Waals surface area (Å²) >= 11 is 1.86. The van der Waals surface area contributed by atoms with Gasteiger partial charge in [-0.3, -0.25) is 4.79 Å². The SMILES string of the molecule is CC1CSCCN1C(=O)c1ncccc1C#CCO. The summed E-state index contributed by atoms with van der Waals surface area (Å²) in [6, 6.07) is 3.71. The normalized spacial score (nSPS) is 18.6. The van der Waals surface area contributed by atoms with Crippen LogP contribution in [0.4, 0.5) is 0 Å². The molecule has 100 valence electrons. The van der Waals surface area contributed by atoms with Crippen LogP contribution < -0.4 is 0 Å². The van der Waals surface area contributed by atoms with Crippen LogP contribution in [0.5, 0.6) is 0 Å². The van der Waals surface area contributed by atoms with Crippen LogP contribution in [0.1, 0.15) is 23.0 Å². The summed E-state index contributed by atoms with van der Waals surface area (Å²) in [4.78, 5) is 18.5. The number of nitrogens with zero attached hydrogens (tertiary/aromatic N) is 2. The van der Waals surface area contributed by atoms with Crippen molar-refractivity contribution in [1.82, 2.24) is 9.88 Å². The highest BCUT2D eigenvalue weighted by atomic mass is 32.2. The second kappa shape index (κ2) is 6.60. The Morgan fingerprint density at radius 2 is 2.53 bits per heavy atom. The van der Waals surface area contributed by atoms with E-state index in [1.54, 1.807) is 18.3 Å². The van der Waals surface area contributed by atoms with Crippen LogP contribution in [0.15, 0.2) is 18.3 Å². The van der Waals surface area contributed by atoms with Crippen LogP contribution >= 0.6 is 11.8 Å². The molecule has 1 aliphatic rings. The quantitative estimate of drug-likeness (QED) is 0.778. The lowest BCUT2D eigenvalue weighted by atomic mass is 10.1. The van der Waals surface area contributed by atoms with Crippen LogP contribution in [0, 0.1) is 11.8 Å². The third kappa shape index (κ3) is 3.28. The average molecular weight is 276 g/mol. The number of hydrogen-bond acceptors (Lipinski definition) is 4. The highest BCUT2D eigenvalue weighted by molar-refractivity contribution is 7.99. The maximum Gasteiger partial charge on any atom is 0.274 e. The van der Waals surface area contributed by atoms with Crippen molar-refractivity contribution < 1.29 is 9.90 Å². The molecule has 0 saturated carbocycles. The first-order chi connectivity index (χ1) is 9.24. The van der Waals surface area contributed by atoms with Gasteiger partial charge >= 0.3 is 0 Å². The summed E-state index contributed by atoms with van der Waals surface area (Å²) in [5.74, 6) is 7.19. The van der Waals surface area contributed by atoms with Gasteiger partial charge in [0, 0.05) is 30.3 Å². The number of hydrogen-bond donors (Lipinski definition) is 1. The van der Waals surface area contributed by atoms with E-state index in [9.17, 15) is 4.79 Å². The molecular formula is C14H16N2O2S. The molecule has 2 heterocycles. The molecule has 0 bridgehead atoms. The summed E-state index contributed by atoms with van der Waals surface area (Å²) in [6.45, 7) is 2.57. The van der Waals surface area contributed by atoms with Crippen molar-refractivity contribution in [3.63, 3.8) is 0 Å². The van der Waals surface area contributed by atoms with Crippen molar-refractivity contribution in [2.75, 3.05) is 24.7 Å². The second-order valence-corrected chi connectivity index (χ2v) is 5.43. The zero-order valence-corrected chi connectivity index (χ0v) is 11.6. The number of aromatic nitrogens is 1. The van der Waals surface area contributed by atoms with Crippen LogP contribution in [-0.4, -0.2) is 51.6 Å². The van der Waals surface area contributed by atoms with Crippen molar-refractivity contribution in [3.05, 3.63) is 29.6 Å². The van der Waals surface area contributed by atoms with Gasteiger partial charge < -0.3 is 10.0 Å². The van der Waals surface area contributed by atoms with Crippen LogP contribution in [0.2, 0.25) is 0 Å². The lowest BCUT2D eigenvalue weighted by molar-refractivity contribution is 0.0709. The minimum Gasteiger partial charge on any atom is -0.384 e. The Balaban J connectivity index is 2.27. The Labute approximate surface area is 117 Å². The zero-order chi connectivity index (χ0) is 13.7. The van der Waals surface area contributed by atoms with E-state index in [1.165, 1.54) is 0 Å². The molecule has 5 heteroatoms. The van der Waals surface area contributed by atoms with E-state index in [2.05, 4.69) is 16.8 Å². The molecule has 19 heavy (non-hydrogen) atoms. The number of pyridine rings is 1. The predicted octanol–water partition coefficient (Wildman–Crippen LogP) is 1.00. The Bertz CT molecular complexity index is 522. The third-order valence-corrected chi connectivity index (χ3v) is 4.13. The van der Waals surface area contributed by atoms with Crippen molar-refractivity contribution in [2.24, 2.45) is 0 Å². The average Bonchev–Trinajstić information content (AvgIpc) is 2.45. The first kappa shape index (κ1) is 13.9. The molecule has 1 unspecified atom stereocenters. The molecule has 1 aliphatic heterocycles. The van der Waals surface area contributed by atoms with Crippen LogP contribution in [0.25, 0.3) is 0 Å². The van der Waals surface area contributed by atoms with Gasteiger partial charge in [0.15, 0.2) is 0 Å². The molecular weight excluding hydrogens is 260 g/mol. The van der Waals surface area contributed by atoms with Crippen molar-refractivity contribution in [1.29, 1.82) is 0 Å². The number of thioether (sulfide) groups is 1. The molecule has 1 aromatic rings. The minimum absolute atomic E-state index is 0.0735. The molecule has 1 amide bonds. The highest BCUT2D eigenvalue weighted by Crippen LogP contribution is 2.19. The summed E-state index contributed by atoms with van der Waals surface area (Å²) < 4.78 is 0. The molecule has 1 fully saturated rings. The van der Waals surface area contributed by atoms with E-state index in [0.29, 0.717) is 11.3 Å². The van der Waals surface area contributed by atoms with E-state index >= 15 is 0 Å². The lowest BCUT2D eigenvalue weighted by Gasteiger charge is -2.32. The molecule has 0 radical (unpaired) electrons. The fraction of sp³-hybridized carbons (Fsp3) is 0.429. The van der Waals surface area contributed by atoms with Crippen molar-refractivity contribution in [2.45, 2.75) is 13.0 Å². The van der Waals surface area contributed by atoms with E-state index in [0.717, 1.165) is 18.1 Å². The minimum atomic E-state index is -0.223. The summed E-state index contributed by atoms with van der Waals surface area (Å²) in [5.41, 5.74) is 0.953. The Morgan fingerprint density at radius 3 is 3.26 bits per heavy atom. The molecule has 4 nitrogen and oxygen atoms in total. The van der Waals surface area contributed by atoms with Gasteiger partial charge in [-0.25, -0.2) is 4.98 Å². The topological polar surface area (TPSA) is 53.4 Å². The molecule has 0 aliphatic carbocycles. The predicted molar refractivity (Wildman–Crippen MR) is 76.0 cm³/mol. The van der Waals surface area contributed by atoms with Gasteiger partial charge in [0.25, 0.3) is 5.91 Å². The smallest absolute Gasteiger partial charge is 0.274 e. The Hall–Kier alpha value is -1.51. The van der Waals surface area contributed by atoms with Gasteiger partial charge in [0.1, 0.15) is 12.3 Å². The van der Waals surface area contributed by atoms with E-state index < -0.39 is 0 Å². The zero-order valence-electron chi connectivity index (χ0n) is 10.8. The number of rotatable bonds is 1. The molecule has 2 rings (SSSR count). The fourth-order valence-electron chi connectivity index (χ4n) is 1.98. The van der Waals surface area contributed by atoms with Crippen LogP contribution in [0.3, 0.4) is 0 Å². The summed E-state index contributed by atoms with van der Waals surface area (Å²) in [5, 5.41) is 8.76. The number of aliphatic hydroxyl groups excluding tert-OH is 1. The van der Waals surface area contributed by atoms with E-state index in [1.807, 2.05) is 23.6 Å². The largest absolute Gasteiger partial charge is 0.384 e. The molecule has 1 aromatic heterocycles. The number of carbonyl (C=O) groups excluding carboxylic acids is 1. The molecule has 0 spiro atoms. The van der Waals surface area contributed by atoms with Gasteiger partial charge in [0.2, 0.25) is 0 Å². The van der Waals surface area contributed by atoms with Gasteiger partial charge in [-0.15, -0.1) is 0 Å². The first-order valence-electron chi connectivity index (χ1n) is 6.17. The maximum atomic E-state index is 12.5. The van der Waals surface area contributed by atoms with Gasteiger partial charge in [-0.05, 0) is 19.1 Å². The number of carbonyl (C=O) groups is 1. The van der Waals surface area contributed by atoms with Gasteiger partial charge in [-0.2, -0.15) is 11.8 Å². The second-order valence-electron chi connectivity index (χ2n) is 4.28. The summed E-state index contributed by atoms with van der Waals surface area (Å²) in [6.07, 6.45) is 1.60. The third-order valence-electron chi connectivity index (χ3n) is 2.94.